The topological polar surface area (TPSA) is 175 Å². The van der Waals surface area contributed by atoms with Crippen LogP contribution in [0, 0.1) is 11.8 Å². The molecule has 0 radical (unpaired) electrons. The van der Waals surface area contributed by atoms with E-state index in [-0.39, 0.29) is 35.7 Å². The van der Waals surface area contributed by atoms with Crippen molar-refractivity contribution in [1.82, 2.24) is 40.4 Å². The van der Waals surface area contributed by atoms with Crippen molar-refractivity contribution in [1.29, 1.82) is 0 Å². The number of amides is 4. The van der Waals surface area contributed by atoms with Crippen LogP contribution in [0.2, 0.25) is 0 Å². The quantitative estimate of drug-likeness (QED) is 0.0921. The van der Waals surface area contributed by atoms with Crippen LogP contribution in [-0.2, 0) is 19.1 Å². The Kier molecular flexibility index (Phi) is 12.9. The number of methoxy groups -OCH3 is 2. The van der Waals surface area contributed by atoms with E-state index in [1.54, 1.807) is 0 Å². The maximum atomic E-state index is 13.7. The molecule has 0 spiro atoms. The Bertz CT molecular complexity index is 2320. The minimum atomic E-state index is -0.674. The zero-order chi connectivity index (χ0) is 42.5. The third-order valence-corrected chi connectivity index (χ3v) is 12.5. The van der Waals surface area contributed by atoms with Crippen LogP contribution in [0.25, 0.3) is 44.4 Å². The fourth-order valence-electron chi connectivity index (χ4n) is 8.47. The van der Waals surface area contributed by atoms with Gasteiger partial charge in [-0.25, -0.2) is 19.6 Å². The summed E-state index contributed by atoms with van der Waals surface area (Å²) in [7, 11) is 2.61. The number of nitrogens with one attached hydrogen (secondary N) is 4. The summed E-state index contributed by atoms with van der Waals surface area (Å²) in [5, 5.41) is 7.70. The second-order valence-corrected chi connectivity index (χ2v) is 16.1. The van der Waals surface area contributed by atoms with E-state index in [0.717, 1.165) is 94.6 Å². The number of rotatable bonds is 13. The van der Waals surface area contributed by atoms with Crippen LogP contribution < -0.4 is 10.6 Å². The Hall–Kier alpha value is -6.18. The Morgan fingerprint density at radius 2 is 1.07 bits per heavy atom. The Morgan fingerprint density at radius 3 is 1.53 bits per heavy atom. The first-order chi connectivity index (χ1) is 29.0. The minimum Gasteiger partial charge on any atom is -0.453 e. The van der Waals surface area contributed by atoms with Gasteiger partial charge < -0.3 is 39.9 Å². The molecule has 14 heteroatoms. The molecule has 3 aromatic carbocycles. The summed E-state index contributed by atoms with van der Waals surface area (Å²) in [4.78, 5) is 71.7. The molecule has 0 bridgehead atoms. The van der Waals surface area contributed by atoms with Gasteiger partial charge in [0.1, 0.15) is 23.7 Å². The maximum absolute atomic E-state index is 13.7. The van der Waals surface area contributed by atoms with Crippen molar-refractivity contribution in [3.63, 3.8) is 0 Å². The van der Waals surface area contributed by atoms with E-state index in [2.05, 4.69) is 81.3 Å². The lowest BCUT2D eigenvalue weighted by molar-refractivity contribution is -0.136. The van der Waals surface area contributed by atoms with Gasteiger partial charge in [0.2, 0.25) is 11.8 Å². The number of carbonyl (C=O) groups is 4. The van der Waals surface area contributed by atoms with Gasteiger partial charge in [-0.1, -0.05) is 89.1 Å². The van der Waals surface area contributed by atoms with Gasteiger partial charge in [-0.05, 0) is 77.1 Å². The van der Waals surface area contributed by atoms with Gasteiger partial charge in [0, 0.05) is 18.7 Å². The highest BCUT2D eigenvalue weighted by molar-refractivity contribution is 5.91. The van der Waals surface area contributed by atoms with E-state index in [4.69, 9.17) is 19.4 Å². The Morgan fingerprint density at radius 1 is 0.650 bits per heavy atom. The minimum absolute atomic E-state index is 0.0532. The molecule has 4 heterocycles. The summed E-state index contributed by atoms with van der Waals surface area (Å²) >= 11 is 0. The summed E-state index contributed by atoms with van der Waals surface area (Å²) in [6, 6.07) is 19.4. The zero-order valence-corrected chi connectivity index (χ0v) is 35.3. The summed E-state index contributed by atoms with van der Waals surface area (Å²) in [5.41, 5.74) is 5.90. The van der Waals surface area contributed by atoms with Crippen molar-refractivity contribution in [2.75, 3.05) is 27.3 Å². The van der Waals surface area contributed by atoms with E-state index >= 15 is 0 Å². The number of aromatic amines is 2. The number of nitrogens with zero attached hydrogens (tertiary/aromatic N) is 4. The highest BCUT2D eigenvalue weighted by atomic mass is 16.5. The molecule has 6 atom stereocenters. The second-order valence-electron chi connectivity index (χ2n) is 16.1. The van der Waals surface area contributed by atoms with Crippen LogP contribution in [0.4, 0.5) is 9.59 Å². The van der Waals surface area contributed by atoms with Crippen LogP contribution in [0.3, 0.4) is 0 Å². The lowest BCUT2D eigenvalue weighted by Crippen LogP contribution is -2.51. The molecule has 2 aliphatic rings. The van der Waals surface area contributed by atoms with E-state index in [0.29, 0.717) is 13.1 Å². The molecule has 14 nitrogen and oxygen atoms in total. The highest BCUT2D eigenvalue weighted by Gasteiger charge is 2.39. The van der Waals surface area contributed by atoms with Crippen LogP contribution >= 0.6 is 0 Å². The molecule has 0 saturated carbocycles. The molecule has 2 fully saturated rings. The van der Waals surface area contributed by atoms with Crippen LogP contribution in [0.15, 0.2) is 73.1 Å². The van der Waals surface area contributed by atoms with E-state index in [1.165, 1.54) is 14.2 Å². The maximum Gasteiger partial charge on any atom is 0.407 e. The standard InChI is InChI=1S/C46H56N8O6/c1-7-27(3)39(51-45(57)59-5)43(55)53-21-9-11-37(53)41-47-25-35(49-41)30-15-13-29(14-16-30)31-17-18-33-24-34(20-19-32(33)23-31)36-26-48-42(50-36)38-12-10-22-54(38)44(56)40(28(4)8-2)52-46(58)60-6/h13-20,23-28,37-40H,7-12,21-22H2,1-6H3,(H,47,49)(H,48,50)(H,51,57)(H,52,58)/t27-,28-,37-,38-,39-,40-/m0/s1. The number of benzene rings is 3. The molecule has 2 aromatic heterocycles. The average molecular weight is 817 g/mol. The first kappa shape index (κ1) is 42.0. The van der Waals surface area contributed by atoms with E-state index < -0.39 is 24.3 Å². The van der Waals surface area contributed by atoms with Crippen molar-refractivity contribution in [2.24, 2.45) is 11.8 Å². The number of alkyl carbamates (subject to hydrolysis) is 2. The molecule has 2 saturated heterocycles. The fraction of sp³-hybridized carbons (Fsp3) is 0.435. The van der Waals surface area contributed by atoms with E-state index in [1.807, 2.05) is 49.9 Å². The lowest BCUT2D eigenvalue weighted by Gasteiger charge is -2.30. The number of ether oxygens (including phenoxy) is 2. The van der Waals surface area contributed by atoms with Gasteiger partial charge in [0.25, 0.3) is 0 Å². The highest BCUT2D eigenvalue weighted by Crippen LogP contribution is 2.36. The van der Waals surface area contributed by atoms with Gasteiger partial charge in [-0.15, -0.1) is 0 Å². The molecule has 60 heavy (non-hydrogen) atoms. The second kappa shape index (κ2) is 18.4. The smallest absolute Gasteiger partial charge is 0.407 e. The summed E-state index contributed by atoms with van der Waals surface area (Å²) in [6.07, 6.45) is 7.17. The molecular formula is C46H56N8O6. The molecule has 4 N–H and O–H groups in total. The summed E-state index contributed by atoms with van der Waals surface area (Å²) < 4.78 is 9.62. The normalized spacial score (nSPS) is 18.5. The number of hydrogen-bond donors (Lipinski definition) is 4. The molecule has 4 amide bonds. The number of carbonyl (C=O) groups excluding carboxylic acids is 4. The number of aromatic nitrogens is 4. The van der Waals surface area contributed by atoms with Gasteiger partial charge in [-0.3, -0.25) is 9.59 Å². The predicted molar refractivity (Wildman–Crippen MR) is 229 cm³/mol. The molecular weight excluding hydrogens is 761 g/mol. The number of imidazole rings is 2. The van der Waals surface area contributed by atoms with E-state index in [9.17, 15) is 19.2 Å². The number of fused-ring (bicyclic) bond motifs is 1. The molecule has 7 rings (SSSR count). The summed E-state index contributed by atoms with van der Waals surface area (Å²) in [6.45, 7) is 9.12. The predicted octanol–water partition coefficient (Wildman–Crippen LogP) is 8.16. The number of H-pyrrole nitrogens is 2. The van der Waals surface area contributed by atoms with Crippen molar-refractivity contribution in [3.8, 4) is 33.6 Å². The van der Waals surface area contributed by atoms with Gasteiger partial charge in [-0.2, -0.15) is 0 Å². The molecule has 0 aliphatic carbocycles. The van der Waals surface area contributed by atoms with Crippen molar-refractivity contribution in [3.05, 3.63) is 84.7 Å². The largest absolute Gasteiger partial charge is 0.453 e. The van der Waals surface area contributed by atoms with Crippen LogP contribution in [0.1, 0.15) is 90.0 Å². The third-order valence-electron chi connectivity index (χ3n) is 12.5. The Balaban J connectivity index is 1.03. The third kappa shape index (κ3) is 8.73. The lowest BCUT2D eigenvalue weighted by atomic mass is 9.97. The van der Waals surface area contributed by atoms with Crippen LogP contribution in [-0.4, -0.2) is 93.1 Å². The van der Waals surface area contributed by atoms with Gasteiger partial charge >= 0.3 is 12.2 Å². The fourth-order valence-corrected chi connectivity index (χ4v) is 8.47. The number of likely N-dealkylation sites (tertiary alicyclic amines) is 2. The van der Waals surface area contributed by atoms with Crippen molar-refractivity contribution < 1.29 is 28.7 Å². The molecule has 316 valence electrons. The van der Waals surface area contributed by atoms with Gasteiger partial charge in [0.05, 0.1) is 50.1 Å². The van der Waals surface area contributed by atoms with Crippen LogP contribution in [0.5, 0.6) is 0 Å². The first-order valence-corrected chi connectivity index (χ1v) is 21.1. The van der Waals surface area contributed by atoms with Crippen molar-refractivity contribution >= 4 is 34.8 Å². The average Bonchev–Trinajstić information content (AvgIpc) is 4.13. The molecule has 5 aromatic rings. The van der Waals surface area contributed by atoms with Crippen molar-refractivity contribution in [2.45, 2.75) is 90.4 Å². The zero-order valence-electron chi connectivity index (χ0n) is 35.3. The first-order valence-electron chi connectivity index (χ1n) is 21.1. The monoisotopic (exact) mass is 816 g/mol. The summed E-state index contributed by atoms with van der Waals surface area (Å²) in [5.74, 6) is 1.12. The Labute approximate surface area is 350 Å². The SMILES string of the molecule is CC[C@H](C)[C@H](NC(=O)OC)C(=O)N1CCC[C@H]1c1ncc(-c2ccc(-c3ccc4cc(-c5cnc([C@@H]6CCCN6C(=O)[C@@H](NC(=O)OC)[C@@H](C)CC)[nH]5)ccc4c3)cc2)[nH]1. The van der Waals surface area contributed by atoms with Gasteiger partial charge in [0.15, 0.2) is 0 Å². The molecule has 2 aliphatic heterocycles. The molecule has 0 unspecified atom stereocenters. The number of hydrogen-bond acceptors (Lipinski definition) is 8.